The second kappa shape index (κ2) is 7.74. The van der Waals surface area contributed by atoms with Gasteiger partial charge in [0.1, 0.15) is 5.69 Å². The summed E-state index contributed by atoms with van der Waals surface area (Å²) in [5.41, 5.74) is 1.26. The molecule has 4 nitrogen and oxygen atoms in total. The Kier molecular flexibility index (Phi) is 5.69. The van der Waals surface area contributed by atoms with Crippen molar-refractivity contribution in [1.82, 2.24) is 10.3 Å². The van der Waals surface area contributed by atoms with Gasteiger partial charge in [0, 0.05) is 18.5 Å². The van der Waals surface area contributed by atoms with Crippen molar-refractivity contribution in [2.24, 2.45) is 5.92 Å². The van der Waals surface area contributed by atoms with Crippen LogP contribution >= 0.6 is 0 Å². The van der Waals surface area contributed by atoms with E-state index in [0.29, 0.717) is 18.2 Å². The minimum atomic E-state index is -0.153. The Morgan fingerprint density at radius 1 is 1.24 bits per heavy atom. The SMILES string of the molecule is CCCC(CCO)CNC(=O)c1ccc2ccccc2n1. The first-order chi connectivity index (χ1) is 10.2. The predicted molar refractivity (Wildman–Crippen MR) is 84.2 cm³/mol. The first-order valence-corrected chi connectivity index (χ1v) is 7.49. The molecule has 0 bridgehead atoms. The van der Waals surface area contributed by atoms with E-state index >= 15 is 0 Å². The summed E-state index contributed by atoms with van der Waals surface area (Å²) in [7, 11) is 0. The van der Waals surface area contributed by atoms with E-state index in [2.05, 4.69) is 17.2 Å². The van der Waals surface area contributed by atoms with E-state index in [1.54, 1.807) is 6.07 Å². The molecule has 1 heterocycles. The van der Waals surface area contributed by atoms with E-state index in [0.717, 1.165) is 30.2 Å². The predicted octanol–water partition coefficient (Wildman–Crippen LogP) is 2.76. The van der Waals surface area contributed by atoms with E-state index < -0.39 is 0 Å². The molecule has 0 saturated heterocycles. The highest BCUT2D eigenvalue weighted by Gasteiger charge is 2.12. The van der Waals surface area contributed by atoms with Crippen LogP contribution in [0.25, 0.3) is 10.9 Å². The Bertz CT molecular complexity index is 592. The summed E-state index contributed by atoms with van der Waals surface area (Å²) in [5.74, 6) is 0.171. The second-order valence-electron chi connectivity index (χ2n) is 5.27. The number of carbonyl (C=O) groups excluding carboxylic acids is 1. The second-order valence-corrected chi connectivity index (χ2v) is 5.27. The number of aliphatic hydroxyl groups is 1. The fourth-order valence-electron chi connectivity index (χ4n) is 2.46. The lowest BCUT2D eigenvalue weighted by atomic mass is 10.0. The molecule has 2 rings (SSSR count). The summed E-state index contributed by atoms with van der Waals surface area (Å²) in [6.45, 7) is 2.85. The molecule has 4 heteroatoms. The number of nitrogens with one attached hydrogen (secondary N) is 1. The lowest BCUT2D eigenvalue weighted by molar-refractivity contribution is 0.0938. The number of nitrogens with zero attached hydrogens (tertiary/aromatic N) is 1. The molecule has 1 atom stereocenters. The molecule has 1 unspecified atom stereocenters. The Morgan fingerprint density at radius 2 is 2.05 bits per heavy atom. The molecule has 1 aromatic carbocycles. The van der Waals surface area contributed by atoms with Gasteiger partial charge in [0.15, 0.2) is 0 Å². The molecular formula is C17H22N2O2. The van der Waals surface area contributed by atoms with Gasteiger partial charge in [-0.25, -0.2) is 4.98 Å². The third-order valence-corrected chi connectivity index (χ3v) is 3.62. The van der Waals surface area contributed by atoms with Gasteiger partial charge < -0.3 is 10.4 Å². The fourth-order valence-corrected chi connectivity index (χ4v) is 2.46. The topological polar surface area (TPSA) is 62.2 Å². The zero-order valence-electron chi connectivity index (χ0n) is 12.4. The van der Waals surface area contributed by atoms with Gasteiger partial charge in [-0.05, 0) is 30.9 Å². The Balaban J connectivity index is 2.01. The lowest BCUT2D eigenvalue weighted by Gasteiger charge is -2.15. The summed E-state index contributed by atoms with van der Waals surface area (Å²) in [6, 6.07) is 11.4. The van der Waals surface area contributed by atoms with Crippen molar-refractivity contribution >= 4 is 16.8 Å². The average Bonchev–Trinajstić information content (AvgIpc) is 2.52. The summed E-state index contributed by atoms with van der Waals surface area (Å²) < 4.78 is 0. The van der Waals surface area contributed by atoms with Gasteiger partial charge in [-0.1, -0.05) is 37.6 Å². The van der Waals surface area contributed by atoms with Gasteiger partial charge in [-0.3, -0.25) is 4.79 Å². The number of carbonyl (C=O) groups is 1. The summed E-state index contributed by atoms with van der Waals surface area (Å²) >= 11 is 0. The monoisotopic (exact) mass is 286 g/mol. The quantitative estimate of drug-likeness (QED) is 0.822. The number of aliphatic hydroxyl groups excluding tert-OH is 1. The molecule has 2 N–H and O–H groups in total. The van der Waals surface area contributed by atoms with Gasteiger partial charge in [0.25, 0.3) is 5.91 Å². The van der Waals surface area contributed by atoms with Gasteiger partial charge in [0.2, 0.25) is 0 Å². The van der Waals surface area contributed by atoms with E-state index in [-0.39, 0.29) is 12.5 Å². The minimum Gasteiger partial charge on any atom is -0.396 e. The zero-order valence-corrected chi connectivity index (χ0v) is 12.4. The summed E-state index contributed by atoms with van der Waals surface area (Å²) in [6.07, 6.45) is 2.78. The van der Waals surface area contributed by atoms with Crippen LogP contribution in [0.1, 0.15) is 36.7 Å². The van der Waals surface area contributed by atoms with Gasteiger partial charge >= 0.3 is 0 Å². The van der Waals surface area contributed by atoms with Crippen molar-refractivity contribution in [2.75, 3.05) is 13.2 Å². The van der Waals surface area contributed by atoms with Crippen molar-refractivity contribution in [3.05, 3.63) is 42.1 Å². The first-order valence-electron chi connectivity index (χ1n) is 7.49. The number of aromatic nitrogens is 1. The highest BCUT2D eigenvalue weighted by atomic mass is 16.3. The van der Waals surface area contributed by atoms with Crippen LogP contribution in [0.4, 0.5) is 0 Å². The van der Waals surface area contributed by atoms with Gasteiger partial charge in [-0.15, -0.1) is 0 Å². The molecule has 1 aromatic heterocycles. The van der Waals surface area contributed by atoms with Crippen LogP contribution < -0.4 is 5.32 Å². The standard InChI is InChI=1S/C17H22N2O2/c1-2-5-13(10-11-20)12-18-17(21)16-9-8-14-6-3-4-7-15(14)19-16/h3-4,6-9,13,20H,2,5,10-12H2,1H3,(H,18,21). The first kappa shape index (κ1) is 15.4. The van der Waals surface area contributed by atoms with Crippen molar-refractivity contribution in [3.63, 3.8) is 0 Å². The number of rotatable bonds is 7. The maximum absolute atomic E-state index is 12.2. The van der Waals surface area contributed by atoms with Crippen LogP contribution in [0.2, 0.25) is 0 Å². The third-order valence-electron chi connectivity index (χ3n) is 3.62. The molecule has 112 valence electrons. The molecule has 2 aromatic rings. The van der Waals surface area contributed by atoms with Crippen LogP contribution in [0.15, 0.2) is 36.4 Å². The van der Waals surface area contributed by atoms with Crippen LogP contribution in [-0.2, 0) is 0 Å². The Labute approximate surface area is 125 Å². The van der Waals surface area contributed by atoms with Gasteiger partial charge in [0.05, 0.1) is 5.52 Å². The number of amides is 1. The number of para-hydroxylation sites is 1. The minimum absolute atomic E-state index is 0.153. The van der Waals surface area contributed by atoms with Crippen molar-refractivity contribution < 1.29 is 9.90 Å². The number of pyridine rings is 1. The number of hydrogen-bond acceptors (Lipinski definition) is 3. The van der Waals surface area contributed by atoms with Crippen LogP contribution in [-0.4, -0.2) is 29.1 Å². The van der Waals surface area contributed by atoms with E-state index in [4.69, 9.17) is 5.11 Å². The van der Waals surface area contributed by atoms with E-state index in [1.165, 1.54) is 0 Å². The maximum Gasteiger partial charge on any atom is 0.269 e. The van der Waals surface area contributed by atoms with Crippen LogP contribution in [0.5, 0.6) is 0 Å². The molecule has 0 saturated carbocycles. The third kappa shape index (κ3) is 4.26. The average molecular weight is 286 g/mol. The Morgan fingerprint density at radius 3 is 2.81 bits per heavy atom. The largest absolute Gasteiger partial charge is 0.396 e. The molecule has 0 aliphatic carbocycles. The molecule has 1 amide bonds. The Hall–Kier alpha value is -1.94. The smallest absolute Gasteiger partial charge is 0.269 e. The van der Waals surface area contributed by atoms with Gasteiger partial charge in [-0.2, -0.15) is 0 Å². The summed E-state index contributed by atoms with van der Waals surface area (Å²) in [5, 5.41) is 13.0. The molecule has 0 aliphatic rings. The number of benzene rings is 1. The maximum atomic E-state index is 12.2. The molecule has 0 aliphatic heterocycles. The van der Waals surface area contributed by atoms with Crippen molar-refractivity contribution in [3.8, 4) is 0 Å². The van der Waals surface area contributed by atoms with Crippen LogP contribution in [0.3, 0.4) is 0 Å². The highest BCUT2D eigenvalue weighted by Crippen LogP contribution is 2.13. The van der Waals surface area contributed by atoms with Crippen molar-refractivity contribution in [1.29, 1.82) is 0 Å². The van der Waals surface area contributed by atoms with E-state index in [9.17, 15) is 4.79 Å². The van der Waals surface area contributed by atoms with Crippen molar-refractivity contribution in [2.45, 2.75) is 26.2 Å². The van der Waals surface area contributed by atoms with Crippen LogP contribution in [0, 0.1) is 5.92 Å². The summed E-state index contributed by atoms with van der Waals surface area (Å²) in [4.78, 5) is 16.5. The molecular weight excluding hydrogens is 264 g/mol. The lowest BCUT2D eigenvalue weighted by Crippen LogP contribution is -2.30. The molecule has 0 radical (unpaired) electrons. The fraction of sp³-hybridized carbons (Fsp3) is 0.412. The van der Waals surface area contributed by atoms with E-state index in [1.807, 2.05) is 30.3 Å². The molecule has 0 fully saturated rings. The highest BCUT2D eigenvalue weighted by molar-refractivity contribution is 5.94. The zero-order chi connectivity index (χ0) is 15.1. The normalized spacial score (nSPS) is 12.3. The number of fused-ring (bicyclic) bond motifs is 1. The molecule has 0 spiro atoms. The molecule has 21 heavy (non-hydrogen) atoms. The number of hydrogen-bond donors (Lipinski definition) is 2.